The third-order valence-corrected chi connectivity index (χ3v) is 3.61. The van der Waals surface area contributed by atoms with E-state index in [1.54, 1.807) is 19.1 Å². The molecule has 22 heavy (non-hydrogen) atoms. The van der Waals surface area contributed by atoms with Crippen molar-refractivity contribution in [3.63, 3.8) is 0 Å². The summed E-state index contributed by atoms with van der Waals surface area (Å²) in [5.41, 5.74) is 2.03. The average molecular weight is 307 g/mol. The van der Waals surface area contributed by atoms with E-state index >= 15 is 0 Å². The monoisotopic (exact) mass is 307 g/mol. The van der Waals surface area contributed by atoms with Crippen LogP contribution in [0.15, 0.2) is 36.4 Å². The topological polar surface area (TPSA) is 52.5 Å². The summed E-state index contributed by atoms with van der Waals surface area (Å²) in [6, 6.07) is 8.20. The van der Waals surface area contributed by atoms with Crippen LogP contribution in [0, 0.1) is 18.6 Å². The third-order valence-electron chi connectivity index (χ3n) is 3.61. The summed E-state index contributed by atoms with van der Waals surface area (Å²) in [5.74, 6) is -1.76. The van der Waals surface area contributed by atoms with Gasteiger partial charge in [0.05, 0.1) is 6.10 Å². The van der Waals surface area contributed by atoms with Crippen molar-refractivity contribution in [2.45, 2.75) is 32.5 Å². The van der Waals surface area contributed by atoms with Gasteiger partial charge in [-0.2, -0.15) is 0 Å². The van der Waals surface area contributed by atoms with Gasteiger partial charge in [-0.25, -0.2) is 8.78 Å². The molecule has 3 nitrogen and oxygen atoms in total. The number of aryl methyl sites for hydroxylation is 1. The molecule has 0 spiro atoms. The van der Waals surface area contributed by atoms with E-state index in [1.807, 2.05) is 13.0 Å². The average Bonchev–Trinajstić information content (AvgIpc) is 2.49. The van der Waals surface area contributed by atoms with Crippen LogP contribution in [-0.2, 0) is 6.54 Å². The third kappa shape index (κ3) is 3.81. The Labute approximate surface area is 128 Å². The first-order valence-corrected chi connectivity index (χ1v) is 7.03. The zero-order valence-corrected chi connectivity index (χ0v) is 12.5. The number of nitrogens with one attached hydrogen (secondary N) is 1. The van der Waals surface area contributed by atoms with Crippen LogP contribution in [0.4, 0.5) is 8.78 Å². The summed E-state index contributed by atoms with van der Waals surface area (Å²) in [5, 5.41) is 23.0. The van der Waals surface area contributed by atoms with Gasteiger partial charge in [-0.05, 0) is 37.6 Å². The molecule has 2 aromatic carbocycles. The summed E-state index contributed by atoms with van der Waals surface area (Å²) in [7, 11) is 0. The Morgan fingerprint density at radius 3 is 2.50 bits per heavy atom. The van der Waals surface area contributed by atoms with E-state index in [-0.39, 0.29) is 5.75 Å². The van der Waals surface area contributed by atoms with E-state index in [9.17, 15) is 19.0 Å². The summed E-state index contributed by atoms with van der Waals surface area (Å²) >= 11 is 0. The van der Waals surface area contributed by atoms with Crippen molar-refractivity contribution in [2.24, 2.45) is 0 Å². The number of phenols is 1. The smallest absolute Gasteiger partial charge is 0.159 e. The molecule has 2 unspecified atom stereocenters. The molecule has 0 amide bonds. The van der Waals surface area contributed by atoms with E-state index in [1.165, 1.54) is 6.07 Å². The highest BCUT2D eigenvalue weighted by Crippen LogP contribution is 2.21. The first-order chi connectivity index (χ1) is 10.4. The second-order valence-corrected chi connectivity index (χ2v) is 5.42. The molecule has 0 bridgehead atoms. The van der Waals surface area contributed by atoms with Crippen LogP contribution in [-0.4, -0.2) is 16.3 Å². The predicted molar refractivity (Wildman–Crippen MR) is 80.5 cm³/mol. The molecule has 0 saturated heterocycles. The minimum Gasteiger partial charge on any atom is -0.508 e. The van der Waals surface area contributed by atoms with Gasteiger partial charge in [0.25, 0.3) is 0 Å². The molecule has 0 heterocycles. The minimum atomic E-state index is -0.986. The Hall–Kier alpha value is -1.98. The van der Waals surface area contributed by atoms with Gasteiger partial charge in [0.2, 0.25) is 0 Å². The van der Waals surface area contributed by atoms with Gasteiger partial charge < -0.3 is 15.5 Å². The molecule has 0 aromatic heterocycles. The summed E-state index contributed by atoms with van der Waals surface area (Å²) in [4.78, 5) is 0. The Bertz CT molecular complexity index is 661. The van der Waals surface area contributed by atoms with Crippen molar-refractivity contribution in [3.05, 3.63) is 64.7 Å². The molecule has 0 saturated carbocycles. The summed E-state index contributed by atoms with van der Waals surface area (Å²) in [6.07, 6.45) is -0.984. The second kappa shape index (κ2) is 6.85. The van der Waals surface area contributed by atoms with Crippen LogP contribution in [0.2, 0.25) is 0 Å². The summed E-state index contributed by atoms with van der Waals surface area (Å²) < 4.78 is 26.1. The van der Waals surface area contributed by atoms with Gasteiger partial charge in [-0.3, -0.25) is 0 Å². The number of aliphatic hydroxyl groups excluding tert-OH is 1. The fourth-order valence-electron chi connectivity index (χ4n) is 2.22. The van der Waals surface area contributed by atoms with Gasteiger partial charge >= 0.3 is 0 Å². The van der Waals surface area contributed by atoms with Gasteiger partial charge in [-0.1, -0.05) is 23.8 Å². The maximum absolute atomic E-state index is 13.2. The number of aromatic hydroxyl groups is 1. The zero-order chi connectivity index (χ0) is 16.3. The predicted octanol–water partition coefficient (Wildman–Crippen LogP) is 3.19. The molecular weight excluding hydrogens is 288 g/mol. The van der Waals surface area contributed by atoms with Crippen molar-refractivity contribution in [1.82, 2.24) is 5.32 Å². The second-order valence-electron chi connectivity index (χ2n) is 5.42. The SMILES string of the molecule is Cc1ccc(O)c(CNC(C)C(O)c2ccc(F)c(F)c2)c1. The molecule has 5 heteroatoms. The minimum absolute atomic E-state index is 0.174. The lowest BCUT2D eigenvalue weighted by molar-refractivity contribution is 0.134. The van der Waals surface area contributed by atoms with Crippen molar-refractivity contribution in [2.75, 3.05) is 0 Å². The number of phenolic OH excluding ortho intramolecular Hbond substituents is 1. The molecule has 0 aliphatic rings. The van der Waals surface area contributed by atoms with Crippen LogP contribution in [0.5, 0.6) is 5.75 Å². The van der Waals surface area contributed by atoms with Crippen LogP contribution >= 0.6 is 0 Å². The van der Waals surface area contributed by atoms with E-state index in [2.05, 4.69) is 5.32 Å². The molecule has 2 atom stereocenters. The number of hydrogen-bond acceptors (Lipinski definition) is 3. The van der Waals surface area contributed by atoms with Crippen LogP contribution in [0.1, 0.15) is 29.7 Å². The van der Waals surface area contributed by atoms with Crippen molar-refractivity contribution >= 4 is 0 Å². The highest BCUT2D eigenvalue weighted by atomic mass is 19.2. The number of halogens is 2. The Kier molecular flexibility index (Phi) is 5.11. The molecule has 0 radical (unpaired) electrons. The highest BCUT2D eigenvalue weighted by Gasteiger charge is 2.18. The highest BCUT2D eigenvalue weighted by molar-refractivity contribution is 5.35. The first kappa shape index (κ1) is 16.4. The number of hydrogen-bond donors (Lipinski definition) is 3. The van der Waals surface area contributed by atoms with Gasteiger partial charge in [0.1, 0.15) is 5.75 Å². The zero-order valence-electron chi connectivity index (χ0n) is 12.5. The van der Waals surface area contributed by atoms with Crippen LogP contribution < -0.4 is 5.32 Å². The molecule has 118 valence electrons. The largest absolute Gasteiger partial charge is 0.508 e. The molecule has 0 aliphatic heterocycles. The lowest BCUT2D eigenvalue weighted by atomic mass is 10.0. The molecule has 2 aromatic rings. The molecule has 0 aliphatic carbocycles. The lowest BCUT2D eigenvalue weighted by Gasteiger charge is -2.21. The quantitative estimate of drug-likeness (QED) is 0.795. The van der Waals surface area contributed by atoms with E-state index in [0.29, 0.717) is 17.7 Å². The van der Waals surface area contributed by atoms with Crippen molar-refractivity contribution in [1.29, 1.82) is 0 Å². The fourth-order valence-corrected chi connectivity index (χ4v) is 2.22. The van der Waals surface area contributed by atoms with E-state index in [4.69, 9.17) is 0 Å². The molecular formula is C17H19F2NO2. The van der Waals surface area contributed by atoms with E-state index in [0.717, 1.165) is 17.7 Å². The van der Waals surface area contributed by atoms with Gasteiger partial charge in [0, 0.05) is 18.2 Å². The van der Waals surface area contributed by atoms with Gasteiger partial charge in [0.15, 0.2) is 11.6 Å². The van der Waals surface area contributed by atoms with Crippen LogP contribution in [0.25, 0.3) is 0 Å². The Morgan fingerprint density at radius 2 is 1.82 bits per heavy atom. The van der Waals surface area contributed by atoms with Crippen LogP contribution in [0.3, 0.4) is 0 Å². The fraction of sp³-hybridized carbons (Fsp3) is 0.294. The molecule has 3 N–H and O–H groups in total. The lowest BCUT2D eigenvalue weighted by Crippen LogP contribution is -2.31. The van der Waals surface area contributed by atoms with E-state index < -0.39 is 23.8 Å². The standard InChI is InChI=1S/C17H19F2NO2/c1-10-3-6-16(21)13(7-10)9-20-11(2)17(22)12-4-5-14(18)15(19)8-12/h3-8,11,17,20-22H,9H2,1-2H3. The maximum Gasteiger partial charge on any atom is 0.159 e. The number of aliphatic hydroxyl groups is 1. The first-order valence-electron chi connectivity index (χ1n) is 7.03. The Morgan fingerprint density at radius 1 is 1.09 bits per heavy atom. The molecule has 2 rings (SSSR count). The number of rotatable bonds is 5. The van der Waals surface area contributed by atoms with Crippen molar-refractivity contribution < 1.29 is 19.0 Å². The number of benzene rings is 2. The Balaban J connectivity index is 2.03. The normalized spacial score (nSPS) is 13.9. The van der Waals surface area contributed by atoms with Gasteiger partial charge in [-0.15, -0.1) is 0 Å². The molecule has 0 fully saturated rings. The summed E-state index contributed by atoms with van der Waals surface area (Å²) in [6.45, 7) is 4.01. The van der Waals surface area contributed by atoms with Crippen molar-refractivity contribution in [3.8, 4) is 5.75 Å². The maximum atomic E-state index is 13.2.